The zero-order chi connectivity index (χ0) is 36.0. The smallest absolute Gasteiger partial charge is 0.270 e. The number of hydrogen-bond donors (Lipinski definition) is 3. The number of phenolic OH excluding ortho intramolecular Hbond substituents is 1. The number of anilines is 1. The van der Waals surface area contributed by atoms with E-state index in [-0.39, 0.29) is 27.8 Å². The maximum absolute atomic E-state index is 13.4. The minimum absolute atomic E-state index is 0.207. The second-order valence-electron chi connectivity index (χ2n) is 11.2. The van der Waals surface area contributed by atoms with E-state index in [1.807, 2.05) is 0 Å². The van der Waals surface area contributed by atoms with Gasteiger partial charge >= 0.3 is 0 Å². The number of non-ortho nitro benzene ring substituents is 1. The van der Waals surface area contributed by atoms with Gasteiger partial charge in [-0.15, -0.1) is 10.2 Å². The lowest BCUT2D eigenvalue weighted by Crippen LogP contribution is -2.40. The number of fused-ring (bicyclic) bond motifs is 1. The Hall–Kier alpha value is -4.21. The van der Waals surface area contributed by atoms with E-state index >= 15 is 0 Å². The number of phenols is 1. The maximum atomic E-state index is 13.4. The number of azo groups is 1. The fourth-order valence-corrected chi connectivity index (χ4v) is 8.71. The molecular formula is C27H26ClN5O11S4. The number of nitrogens with zero attached hydrogens (tertiary/aromatic N) is 3. The van der Waals surface area contributed by atoms with E-state index in [2.05, 4.69) is 19.7 Å². The molecule has 0 atom stereocenters. The minimum Gasteiger partial charge on any atom is -0.506 e. The van der Waals surface area contributed by atoms with Crippen molar-refractivity contribution in [1.29, 1.82) is 0 Å². The Morgan fingerprint density at radius 2 is 1.40 bits per heavy atom. The monoisotopic (exact) mass is 759 g/mol. The molecule has 0 aliphatic heterocycles. The average Bonchev–Trinajstić information content (AvgIpc) is 2.94. The fourth-order valence-electron chi connectivity index (χ4n) is 4.35. The topological polar surface area (TPSA) is 249 Å². The molecule has 0 amide bonds. The number of hydrogen-bond acceptors (Lipinski definition) is 13. The van der Waals surface area contributed by atoms with Crippen LogP contribution in [0.15, 0.2) is 96.5 Å². The zero-order valence-electron chi connectivity index (χ0n) is 25.2. The number of benzene rings is 4. The molecule has 0 saturated heterocycles. The molecule has 0 saturated carbocycles. The standard InChI is InChI=1S/C27H26ClN5O11S4/c1-27(2,3)32-48(43,44)24-15-22(30-29-20-12-11-16(33(35)36)13-23(20)45(4,37)38)25-19(26(24)34)9-6-10-21(25)31-47(41,42)18-8-5-7-17(14-18)46(28,39)40/h5-15,31-32,34H,1-4H3/b30-29+. The van der Waals surface area contributed by atoms with Gasteiger partial charge in [0.1, 0.15) is 21.2 Å². The molecule has 0 aromatic heterocycles. The summed E-state index contributed by atoms with van der Waals surface area (Å²) in [7, 11) is -12.1. The summed E-state index contributed by atoms with van der Waals surface area (Å²) in [5.74, 6) is -0.802. The number of nitrogens with one attached hydrogen (secondary N) is 2. The molecule has 4 aromatic rings. The van der Waals surface area contributed by atoms with Crippen LogP contribution in [0.5, 0.6) is 5.75 Å². The molecule has 16 nitrogen and oxygen atoms in total. The molecule has 4 aromatic carbocycles. The summed E-state index contributed by atoms with van der Waals surface area (Å²) in [6.45, 7) is 4.63. The second-order valence-corrected chi connectivity index (χ2v) is 19.1. The van der Waals surface area contributed by atoms with E-state index in [4.69, 9.17) is 10.7 Å². The van der Waals surface area contributed by atoms with Crippen LogP contribution in [0.25, 0.3) is 10.8 Å². The van der Waals surface area contributed by atoms with Gasteiger partial charge in [0.05, 0.1) is 26.1 Å². The molecule has 0 spiro atoms. The summed E-state index contributed by atoms with van der Waals surface area (Å²) >= 11 is 0. The molecule has 0 unspecified atom stereocenters. The summed E-state index contributed by atoms with van der Waals surface area (Å²) < 4.78 is 107. The van der Waals surface area contributed by atoms with Crippen LogP contribution in [0.3, 0.4) is 0 Å². The highest BCUT2D eigenvalue weighted by atomic mass is 35.7. The number of halogens is 1. The van der Waals surface area contributed by atoms with Crippen molar-refractivity contribution < 1.29 is 43.7 Å². The Labute approximate surface area is 280 Å². The number of sulfone groups is 1. The van der Waals surface area contributed by atoms with Crippen LogP contribution in [0, 0.1) is 10.1 Å². The van der Waals surface area contributed by atoms with Gasteiger partial charge < -0.3 is 5.11 Å². The SMILES string of the molecule is CC(C)(C)NS(=O)(=O)c1cc(/N=N/c2ccc([N+](=O)[O-])cc2S(C)(=O)=O)c2c(NS(=O)(=O)c3cccc(S(=O)(=O)Cl)c3)cccc2c1O. The summed E-state index contributed by atoms with van der Waals surface area (Å²) in [4.78, 5) is 8.15. The average molecular weight is 760 g/mol. The lowest BCUT2D eigenvalue weighted by Gasteiger charge is -2.22. The second kappa shape index (κ2) is 12.7. The lowest BCUT2D eigenvalue weighted by molar-refractivity contribution is -0.385. The quantitative estimate of drug-likeness (QED) is 0.0832. The number of rotatable bonds is 10. The van der Waals surface area contributed by atoms with Crippen molar-refractivity contribution in [2.75, 3.05) is 11.0 Å². The van der Waals surface area contributed by atoms with E-state index in [0.29, 0.717) is 0 Å². The Bertz CT molecular complexity index is 2460. The summed E-state index contributed by atoms with van der Waals surface area (Å²) in [5.41, 5.74) is -2.62. The van der Waals surface area contributed by atoms with Crippen molar-refractivity contribution in [3.05, 3.63) is 76.8 Å². The molecule has 0 bridgehead atoms. The van der Waals surface area contributed by atoms with Crippen LogP contribution in [-0.2, 0) is 38.9 Å². The van der Waals surface area contributed by atoms with E-state index in [1.54, 1.807) is 20.8 Å². The van der Waals surface area contributed by atoms with E-state index < -0.39 is 80.4 Å². The molecule has 48 heavy (non-hydrogen) atoms. The third-order valence-corrected chi connectivity index (χ3v) is 11.9. The van der Waals surface area contributed by atoms with Crippen molar-refractivity contribution in [2.24, 2.45) is 10.2 Å². The highest BCUT2D eigenvalue weighted by Crippen LogP contribution is 2.44. The summed E-state index contributed by atoms with van der Waals surface area (Å²) in [5, 5.41) is 30.0. The van der Waals surface area contributed by atoms with Gasteiger partial charge in [-0.3, -0.25) is 14.8 Å². The van der Waals surface area contributed by atoms with Gasteiger partial charge in [0.15, 0.2) is 9.84 Å². The predicted octanol–water partition coefficient (Wildman–Crippen LogP) is 5.08. The van der Waals surface area contributed by atoms with E-state index in [1.165, 1.54) is 18.2 Å². The van der Waals surface area contributed by atoms with Gasteiger partial charge in [-0.25, -0.2) is 38.4 Å². The van der Waals surface area contributed by atoms with E-state index in [9.17, 15) is 48.9 Å². The number of nitro groups is 1. The van der Waals surface area contributed by atoms with Crippen molar-refractivity contribution in [2.45, 2.75) is 45.9 Å². The Kier molecular flexibility index (Phi) is 9.67. The Morgan fingerprint density at radius 1 is 0.792 bits per heavy atom. The van der Waals surface area contributed by atoms with Crippen LogP contribution < -0.4 is 9.44 Å². The van der Waals surface area contributed by atoms with Crippen molar-refractivity contribution in [3.8, 4) is 5.75 Å². The van der Waals surface area contributed by atoms with Gasteiger partial charge in [-0.05, 0) is 57.2 Å². The van der Waals surface area contributed by atoms with Crippen LogP contribution in [0.2, 0.25) is 0 Å². The van der Waals surface area contributed by atoms with Gasteiger partial charge in [0, 0.05) is 45.4 Å². The van der Waals surface area contributed by atoms with Crippen molar-refractivity contribution in [1.82, 2.24) is 4.72 Å². The zero-order valence-corrected chi connectivity index (χ0v) is 29.3. The van der Waals surface area contributed by atoms with E-state index in [0.717, 1.165) is 54.8 Å². The number of aromatic hydroxyl groups is 1. The number of sulfonamides is 2. The highest BCUT2D eigenvalue weighted by Gasteiger charge is 2.29. The minimum atomic E-state index is -4.59. The summed E-state index contributed by atoms with van der Waals surface area (Å²) in [6, 6.07) is 11.5. The number of nitro benzene ring substituents is 1. The van der Waals surface area contributed by atoms with Crippen LogP contribution in [-0.4, -0.2) is 55.5 Å². The lowest BCUT2D eigenvalue weighted by atomic mass is 10.1. The van der Waals surface area contributed by atoms with Crippen LogP contribution in [0.1, 0.15) is 20.8 Å². The van der Waals surface area contributed by atoms with Crippen molar-refractivity contribution in [3.63, 3.8) is 0 Å². The van der Waals surface area contributed by atoms with Crippen molar-refractivity contribution >= 4 is 83.1 Å². The van der Waals surface area contributed by atoms with Gasteiger partial charge in [-0.2, -0.15) is 0 Å². The molecule has 4 rings (SSSR count). The Balaban J connectivity index is 2.02. The first-order valence-electron chi connectivity index (χ1n) is 13.2. The maximum Gasteiger partial charge on any atom is 0.270 e. The first-order valence-corrected chi connectivity index (χ1v) is 20.4. The van der Waals surface area contributed by atoms with Gasteiger partial charge in [0.25, 0.3) is 24.8 Å². The van der Waals surface area contributed by atoms with Crippen LogP contribution >= 0.6 is 10.7 Å². The molecule has 0 fully saturated rings. The Morgan fingerprint density at radius 3 is 1.98 bits per heavy atom. The first kappa shape index (κ1) is 36.6. The fraction of sp³-hybridized carbons (Fsp3) is 0.185. The largest absolute Gasteiger partial charge is 0.506 e. The molecule has 0 aliphatic carbocycles. The molecule has 0 heterocycles. The molecule has 0 aliphatic rings. The van der Waals surface area contributed by atoms with Gasteiger partial charge in [0.2, 0.25) is 10.0 Å². The predicted molar refractivity (Wildman–Crippen MR) is 176 cm³/mol. The third kappa shape index (κ3) is 8.08. The third-order valence-electron chi connectivity index (χ3n) is 6.27. The molecule has 21 heteroatoms. The highest BCUT2D eigenvalue weighted by molar-refractivity contribution is 8.13. The first-order chi connectivity index (χ1) is 21.9. The van der Waals surface area contributed by atoms with Gasteiger partial charge in [-0.1, -0.05) is 18.2 Å². The molecule has 3 N–H and O–H groups in total. The molecule has 256 valence electrons. The summed E-state index contributed by atoms with van der Waals surface area (Å²) in [6.07, 6.45) is 0.779. The molecular weight excluding hydrogens is 734 g/mol. The normalized spacial score (nSPS) is 13.2. The molecule has 0 radical (unpaired) electrons. The van der Waals surface area contributed by atoms with Crippen LogP contribution in [0.4, 0.5) is 22.7 Å².